The van der Waals surface area contributed by atoms with Gasteiger partial charge in [-0.15, -0.1) is 0 Å². The highest BCUT2D eigenvalue weighted by Gasteiger charge is 2.42. The van der Waals surface area contributed by atoms with Gasteiger partial charge in [0.1, 0.15) is 0 Å². The molecule has 0 bridgehead atoms. The molecule has 0 N–H and O–H groups in total. The summed E-state index contributed by atoms with van der Waals surface area (Å²) in [6, 6.07) is 0. The molecule has 0 fully saturated rings. The zero-order chi connectivity index (χ0) is 32.1. The third kappa shape index (κ3) is 13.7. The van der Waals surface area contributed by atoms with Gasteiger partial charge in [0.25, 0.3) is 5.97 Å². The van der Waals surface area contributed by atoms with Gasteiger partial charge in [0, 0.05) is 11.5 Å². The molecule has 2 unspecified atom stereocenters. The molecule has 0 saturated carbocycles. The largest absolute Gasteiger partial charge is 0.327 e. The smallest absolute Gasteiger partial charge is 0.285 e. The lowest BCUT2D eigenvalue weighted by atomic mass is 9.91. The minimum Gasteiger partial charge on any atom is -0.327 e. The van der Waals surface area contributed by atoms with Crippen LogP contribution in [0.1, 0.15) is 162 Å². The number of ether oxygens (including phenoxy) is 3. The Hall–Kier alpha value is -1.25. The number of benzene rings is 1. The highest BCUT2D eigenvalue weighted by Crippen LogP contribution is 2.36. The van der Waals surface area contributed by atoms with Crippen LogP contribution in [0.4, 0.5) is 22.0 Å². The second-order valence-electron chi connectivity index (χ2n) is 12.0. The Labute approximate surface area is 258 Å². The predicted molar refractivity (Wildman–Crippen MR) is 165 cm³/mol. The molecule has 252 valence electrons. The Bertz CT molecular complexity index is 816. The Kier molecular flexibility index (Phi) is 21.4. The van der Waals surface area contributed by atoms with Crippen LogP contribution < -0.4 is 0 Å². The summed E-state index contributed by atoms with van der Waals surface area (Å²) >= 11 is 0. The van der Waals surface area contributed by atoms with E-state index in [1.54, 1.807) is 0 Å². The zero-order valence-electron chi connectivity index (χ0n) is 27.6. The molecule has 1 aromatic carbocycles. The van der Waals surface area contributed by atoms with Crippen molar-refractivity contribution in [1.82, 2.24) is 0 Å². The van der Waals surface area contributed by atoms with Gasteiger partial charge in [-0.05, 0) is 44.4 Å². The summed E-state index contributed by atoms with van der Waals surface area (Å²) < 4.78 is 87.9. The van der Waals surface area contributed by atoms with Crippen LogP contribution in [0.3, 0.4) is 0 Å². The average Bonchev–Trinajstić information content (AvgIpc) is 3.01. The van der Waals surface area contributed by atoms with E-state index in [0.29, 0.717) is 32.7 Å². The third-order valence-corrected chi connectivity index (χ3v) is 8.10. The average molecular weight is 623 g/mol. The summed E-state index contributed by atoms with van der Waals surface area (Å²) in [7, 11) is 0. The van der Waals surface area contributed by atoms with Crippen LogP contribution in [0.15, 0.2) is 0 Å². The summed E-state index contributed by atoms with van der Waals surface area (Å²) in [5, 5.41) is 0. The molecule has 1 aromatic rings. The fourth-order valence-electron chi connectivity index (χ4n) is 5.63. The molecule has 0 aliphatic rings. The maximum atomic E-state index is 14.1. The second kappa shape index (κ2) is 23.1. The van der Waals surface area contributed by atoms with E-state index in [2.05, 4.69) is 27.7 Å². The SMILES string of the molecule is CCCCCCCCC(CCCCCCCCC(C)c1c(F)c(F)c(F)c(F)c1F)C(OCCC)(OCCC)OCCC. The van der Waals surface area contributed by atoms with Crippen molar-refractivity contribution in [1.29, 1.82) is 0 Å². The number of hydrogen-bond acceptors (Lipinski definition) is 3. The maximum absolute atomic E-state index is 14.1. The molecule has 3 nitrogen and oxygen atoms in total. The van der Waals surface area contributed by atoms with Crippen molar-refractivity contribution < 1.29 is 36.2 Å². The first-order valence-corrected chi connectivity index (χ1v) is 17.1. The lowest BCUT2D eigenvalue weighted by molar-refractivity contribution is -0.406. The van der Waals surface area contributed by atoms with Crippen LogP contribution in [-0.4, -0.2) is 25.8 Å². The fraction of sp³-hybridized carbons (Fsp3) is 0.829. The van der Waals surface area contributed by atoms with Crippen LogP contribution in [-0.2, 0) is 14.2 Å². The van der Waals surface area contributed by atoms with E-state index in [1.807, 2.05) is 0 Å². The molecule has 0 aromatic heterocycles. The summed E-state index contributed by atoms with van der Waals surface area (Å²) in [4.78, 5) is 0. The highest BCUT2D eigenvalue weighted by atomic mass is 19.2. The van der Waals surface area contributed by atoms with Gasteiger partial charge in [0.2, 0.25) is 5.82 Å². The first-order valence-electron chi connectivity index (χ1n) is 17.1. The van der Waals surface area contributed by atoms with Gasteiger partial charge in [-0.25, -0.2) is 22.0 Å². The molecule has 0 heterocycles. The van der Waals surface area contributed by atoms with E-state index in [1.165, 1.54) is 39.0 Å². The number of unbranched alkanes of at least 4 members (excludes halogenated alkanes) is 10. The highest BCUT2D eigenvalue weighted by molar-refractivity contribution is 5.27. The van der Waals surface area contributed by atoms with Crippen LogP contribution in [0, 0.1) is 35.0 Å². The molecule has 2 atom stereocenters. The van der Waals surface area contributed by atoms with Gasteiger partial charge in [0.15, 0.2) is 23.3 Å². The molecule has 0 radical (unpaired) electrons. The first-order chi connectivity index (χ1) is 20.7. The monoisotopic (exact) mass is 622 g/mol. The zero-order valence-corrected chi connectivity index (χ0v) is 27.6. The number of hydrogen-bond donors (Lipinski definition) is 0. The fourth-order valence-corrected chi connectivity index (χ4v) is 5.63. The molecule has 0 aliphatic carbocycles. The molecule has 0 saturated heterocycles. The summed E-state index contributed by atoms with van der Waals surface area (Å²) in [5.41, 5.74) is -0.711. The minimum absolute atomic E-state index is 0.144. The van der Waals surface area contributed by atoms with Crippen molar-refractivity contribution in [3.8, 4) is 0 Å². The maximum Gasteiger partial charge on any atom is 0.285 e. The van der Waals surface area contributed by atoms with Gasteiger partial charge >= 0.3 is 0 Å². The summed E-state index contributed by atoms with van der Waals surface area (Å²) in [6.07, 6.45) is 17.8. The summed E-state index contributed by atoms with van der Waals surface area (Å²) in [5.74, 6) is -10.9. The third-order valence-electron chi connectivity index (χ3n) is 8.10. The molecule has 8 heteroatoms. The van der Waals surface area contributed by atoms with Gasteiger partial charge < -0.3 is 14.2 Å². The Morgan fingerprint density at radius 1 is 0.465 bits per heavy atom. The van der Waals surface area contributed by atoms with Crippen molar-refractivity contribution in [2.45, 2.75) is 162 Å². The number of halogens is 5. The molecule has 1 rings (SSSR count). The standard InChI is InChI=1S/C35H59F5O3/c1-6-10-11-12-16-19-22-28(35(41-24-7-2,42-25-8-3)43-26-9-4)23-20-17-14-13-15-18-21-27(5)29-30(36)32(38)34(40)33(39)31(29)37/h27-28H,6-26H2,1-5H3. The van der Waals surface area contributed by atoms with E-state index in [4.69, 9.17) is 14.2 Å². The molecule has 0 spiro atoms. The van der Waals surface area contributed by atoms with Crippen LogP contribution >= 0.6 is 0 Å². The number of rotatable bonds is 27. The molecule has 43 heavy (non-hydrogen) atoms. The first kappa shape index (κ1) is 39.8. The van der Waals surface area contributed by atoms with Crippen molar-refractivity contribution in [3.05, 3.63) is 34.6 Å². The molecule has 0 aliphatic heterocycles. The van der Waals surface area contributed by atoms with E-state index in [0.717, 1.165) is 70.6 Å². The predicted octanol–water partition coefficient (Wildman–Crippen LogP) is 11.9. The van der Waals surface area contributed by atoms with Crippen molar-refractivity contribution in [3.63, 3.8) is 0 Å². The van der Waals surface area contributed by atoms with E-state index < -0.39 is 46.5 Å². The van der Waals surface area contributed by atoms with Crippen LogP contribution in [0.5, 0.6) is 0 Å². The van der Waals surface area contributed by atoms with Crippen molar-refractivity contribution in [2.75, 3.05) is 19.8 Å². The van der Waals surface area contributed by atoms with Crippen LogP contribution in [0.25, 0.3) is 0 Å². The van der Waals surface area contributed by atoms with Crippen LogP contribution in [0.2, 0.25) is 0 Å². The van der Waals surface area contributed by atoms with Gasteiger partial charge in [-0.2, -0.15) is 0 Å². The lowest BCUT2D eigenvalue weighted by Crippen LogP contribution is -2.47. The Morgan fingerprint density at radius 2 is 0.814 bits per heavy atom. The van der Waals surface area contributed by atoms with E-state index >= 15 is 0 Å². The lowest BCUT2D eigenvalue weighted by Gasteiger charge is -2.40. The Balaban J connectivity index is 2.67. The van der Waals surface area contributed by atoms with E-state index in [-0.39, 0.29) is 5.92 Å². The molecular formula is C35H59F5O3. The molecule has 0 amide bonds. The van der Waals surface area contributed by atoms with Crippen molar-refractivity contribution >= 4 is 0 Å². The topological polar surface area (TPSA) is 27.7 Å². The van der Waals surface area contributed by atoms with Gasteiger partial charge in [0.05, 0.1) is 19.8 Å². The normalized spacial score (nSPS) is 13.5. The van der Waals surface area contributed by atoms with Gasteiger partial charge in [-0.1, -0.05) is 112 Å². The minimum atomic E-state index is -2.11. The van der Waals surface area contributed by atoms with Crippen molar-refractivity contribution in [2.24, 2.45) is 5.92 Å². The second-order valence-corrected chi connectivity index (χ2v) is 12.0. The van der Waals surface area contributed by atoms with Gasteiger partial charge in [-0.3, -0.25) is 0 Å². The summed E-state index contributed by atoms with van der Waals surface area (Å²) in [6.45, 7) is 11.8. The quantitative estimate of drug-likeness (QED) is 0.0321. The van der Waals surface area contributed by atoms with E-state index in [9.17, 15) is 22.0 Å². The molecular weight excluding hydrogens is 563 g/mol. The Morgan fingerprint density at radius 3 is 1.21 bits per heavy atom.